The monoisotopic (exact) mass is 322 g/mol. The predicted octanol–water partition coefficient (Wildman–Crippen LogP) is 1.76. The van der Waals surface area contributed by atoms with E-state index in [9.17, 15) is 9.90 Å². The van der Waals surface area contributed by atoms with Crippen molar-refractivity contribution in [2.75, 3.05) is 20.2 Å². The van der Waals surface area contributed by atoms with E-state index < -0.39 is 17.8 Å². The zero-order chi connectivity index (χ0) is 17.0. The smallest absolute Gasteiger partial charge is 0.410 e. The molecule has 1 aromatic carbocycles. The number of aliphatic hydroxyl groups excluding tert-OH is 1. The van der Waals surface area contributed by atoms with E-state index in [2.05, 4.69) is 5.32 Å². The molecule has 6 heteroatoms. The average molecular weight is 322 g/mol. The number of methoxy groups -OCH3 is 1. The van der Waals surface area contributed by atoms with Crippen LogP contribution in [-0.2, 0) is 11.3 Å². The van der Waals surface area contributed by atoms with Gasteiger partial charge in [-0.2, -0.15) is 0 Å². The lowest BCUT2D eigenvalue weighted by Gasteiger charge is -2.24. The van der Waals surface area contributed by atoms with E-state index in [0.717, 1.165) is 11.3 Å². The first-order valence-electron chi connectivity index (χ1n) is 7.81. The van der Waals surface area contributed by atoms with Gasteiger partial charge >= 0.3 is 6.09 Å². The minimum absolute atomic E-state index is 0.188. The molecular weight excluding hydrogens is 296 g/mol. The average Bonchev–Trinajstić information content (AvgIpc) is 2.85. The van der Waals surface area contributed by atoms with E-state index in [1.807, 2.05) is 45.0 Å². The van der Waals surface area contributed by atoms with Gasteiger partial charge in [-0.05, 0) is 26.8 Å². The van der Waals surface area contributed by atoms with Crippen LogP contribution in [0.2, 0.25) is 0 Å². The van der Waals surface area contributed by atoms with Crippen molar-refractivity contribution in [3.8, 4) is 5.75 Å². The third-order valence-corrected chi connectivity index (χ3v) is 3.69. The summed E-state index contributed by atoms with van der Waals surface area (Å²) in [5.74, 6) is 0.802. The summed E-state index contributed by atoms with van der Waals surface area (Å²) in [6.07, 6.45) is -1.00. The highest BCUT2D eigenvalue weighted by atomic mass is 16.6. The van der Waals surface area contributed by atoms with E-state index in [0.29, 0.717) is 13.1 Å². The van der Waals surface area contributed by atoms with Crippen molar-refractivity contribution < 1.29 is 19.4 Å². The summed E-state index contributed by atoms with van der Waals surface area (Å²) in [6.45, 7) is 6.75. The number of β-amino-alcohol motifs (C(OH)–C–C–N with tert-alkyl or cyclic N) is 1. The molecule has 1 aromatic rings. The number of nitrogens with zero attached hydrogens (tertiary/aromatic N) is 1. The van der Waals surface area contributed by atoms with E-state index in [1.54, 1.807) is 7.11 Å². The second-order valence-corrected chi connectivity index (χ2v) is 6.75. The number of para-hydroxylation sites is 1. The van der Waals surface area contributed by atoms with E-state index >= 15 is 0 Å². The molecule has 1 aliphatic rings. The number of nitrogens with one attached hydrogen (secondary N) is 1. The van der Waals surface area contributed by atoms with Crippen molar-refractivity contribution in [3.63, 3.8) is 0 Å². The predicted molar refractivity (Wildman–Crippen MR) is 87.4 cm³/mol. The quantitative estimate of drug-likeness (QED) is 0.884. The summed E-state index contributed by atoms with van der Waals surface area (Å²) in [6, 6.07) is 7.54. The fourth-order valence-corrected chi connectivity index (χ4v) is 2.55. The molecule has 2 atom stereocenters. The first-order chi connectivity index (χ1) is 10.8. The number of benzene rings is 1. The van der Waals surface area contributed by atoms with Gasteiger partial charge in [0.15, 0.2) is 0 Å². The van der Waals surface area contributed by atoms with Crippen LogP contribution in [0.1, 0.15) is 26.3 Å². The normalized spacial score (nSPS) is 21.3. The van der Waals surface area contributed by atoms with Crippen molar-refractivity contribution in [3.05, 3.63) is 29.8 Å². The van der Waals surface area contributed by atoms with Gasteiger partial charge in [0.1, 0.15) is 11.4 Å². The largest absolute Gasteiger partial charge is 0.496 e. The van der Waals surface area contributed by atoms with Crippen LogP contribution in [0.25, 0.3) is 0 Å². The van der Waals surface area contributed by atoms with Crippen LogP contribution in [0.4, 0.5) is 4.79 Å². The molecule has 0 saturated carbocycles. The molecule has 6 nitrogen and oxygen atoms in total. The van der Waals surface area contributed by atoms with Gasteiger partial charge in [0.25, 0.3) is 0 Å². The van der Waals surface area contributed by atoms with E-state index in [1.165, 1.54) is 4.90 Å². The third-order valence-electron chi connectivity index (χ3n) is 3.69. The Balaban J connectivity index is 1.91. The molecule has 2 N–H and O–H groups in total. The zero-order valence-electron chi connectivity index (χ0n) is 14.2. The van der Waals surface area contributed by atoms with E-state index in [4.69, 9.17) is 9.47 Å². The standard InChI is InChI=1S/C17H26N2O4/c1-17(2,3)23-16(21)19-10-13(14(20)11-19)18-9-12-7-5-6-8-15(12)22-4/h5-8,13-14,18,20H,9-11H2,1-4H3/t13-,14-/m1/s1. The number of ether oxygens (including phenoxy) is 2. The molecule has 0 unspecified atom stereocenters. The first-order valence-corrected chi connectivity index (χ1v) is 7.81. The van der Waals surface area contributed by atoms with Gasteiger partial charge in [-0.25, -0.2) is 4.79 Å². The number of hydrogen-bond acceptors (Lipinski definition) is 5. The summed E-state index contributed by atoms with van der Waals surface area (Å²) in [7, 11) is 1.63. The summed E-state index contributed by atoms with van der Waals surface area (Å²) in [5.41, 5.74) is 0.475. The van der Waals surface area contributed by atoms with Crippen LogP contribution < -0.4 is 10.1 Å². The zero-order valence-corrected chi connectivity index (χ0v) is 14.2. The Kier molecular flexibility index (Phi) is 5.49. The van der Waals surface area contributed by atoms with Crippen LogP contribution in [0.5, 0.6) is 5.75 Å². The molecule has 23 heavy (non-hydrogen) atoms. The SMILES string of the molecule is COc1ccccc1CN[C@@H]1CN(C(=O)OC(C)(C)C)C[C@H]1O. The van der Waals surface area contributed by atoms with Crippen LogP contribution in [0.15, 0.2) is 24.3 Å². The lowest BCUT2D eigenvalue weighted by molar-refractivity contribution is 0.0270. The molecule has 0 aromatic heterocycles. The molecule has 1 heterocycles. The molecule has 1 fully saturated rings. The maximum atomic E-state index is 12.1. The topological polar surface area (TPSA) is 71.0 Å². The lowest BCUT2D eigenvalue weighted by Crippen LogP contribution is -2.39. The maximum absolute atomic E-state index is 12.1. The Morgan fingerprint density at radius 1 is 1.35 bits per heavy atom. The number of aliphatic hydroxyl groups is 1. The second kappa shape index (κ2) is 7.19. The van der Waals surface area contributed by atoms with Crippen LogP contribution in [-0.4, -0.2) is 54.0 Å². The van der Waals surface area contributed by atoms with Crippen molar-refractivity contribution >= 4 is 6.09 Å². The first kappa shape index (κ1) is 17.6. The van der Waals surface area contributed by atoms with Crippen LogP contribution >= 0.6 is 0 Å². The molecular formula is C17H26N2O4. The minimum atomic E-state index is -0.614. The summed E-state index contributed by atoms with van der Waals surface area (Å²) < 4.78 is 10.7. The Morgan fingerprint density at radius 3 is 2.70 bits per heavy atom. The van der Waals surface area contributed by atoms with Crippen molar-refractivity contribution in [1.29, 1.82) is 0 Å². The maximum Gasteiger partial charge on any atom is 0.410 e. The number of carbonyl (C=O) groups excluding carboxylic acids is 1. The summed E-state index contributed by atoms with van der Waals surface area (Å²) in [5, 5.41) is 13.5. The molecule has 1 saturated heterocycles. The molecule has 1 aliphatic heterocycles. The number of carbonyl (C=O) groups is 1. The lowest BCUT2D eigenvalue weighted by atomic mass is 10.1. The number of amides is 1. The highest BCUT2D eigenvalue weighted by Crippen LogP contribution is 2.19. The molecule has 2 rings (SSSR count). The fraction of sp³-hybridized carbons (Fsp3) is 0.588. The van der Waals surface area contributed by atoms with Crippen molar-refractivity contribution in [2.45, 2.75) is 45.1 Å². The Hall–Kier alpha value is -1.79. The summed E-state index contributed by atoms with van der Waals surface area (Å²) >= 11 is 0. The number of hydrogen-bond donors (Lipinski definition) is 2. The molecule has 0 radical (unpaired) electrons. The Morgan fingerprint density at radius 2 is 2.04 bits per heavy atom. The van der Waals surface area contributed by atoms with Crippen LogP contribution in [0.3, 0.4) is 0 Å². The molecule has 1 amide bonds. The Bertz CT molecular complexity index is 542. The number of likely N-dealkylation sites (tertiary alicyclic amines) is 1. The van der Waals surface area contributed by atoms with Crippen LogP contribution in [0, 0.1) is 0 Å². The highest BCUT2D eigenvalue weighted by Gasteiger charge is 2.35. The molecule has 0 spiro atoms. The Labute approximate surface area is 137 Å². The van der Waals surface area contributed by atoms with Crippen molar-refractivity contribution in [2.24, 2.45) is 0 Å². The van der Waals surface area contributed by atoms with Gasteiger partial charge in [0, 0.05) is 18.7 Å². The van der Waals surface area contributed by atoms with Gasteiger partial charge in [0.05, 0.1) is 25.8 Å². The van der Waals surface area contributed by atoms with Gasteiger partial charge in [0.2, 0.25) is 0 Å². The fourth-order valence-electron chi connectivity index (χ4n) is 2.55. The van der Waals surface area contributed by atoms with Gasteiger partial charge in [-0.1, -0.05) is 18.2 Å². The highest BCUT2D eigenvalue weighted by molar-refractivity contribution is 5.68. The van der Waals surface area contributed by atoms with E-state index in [-0.39, 0.29) is 12.6 Å². The van der Waals surface area contributed by atoms with Gasteiger partial charge in [-0.15, -0.1) is 0 Å². The minimum Gasteiger partial charge on any atom is -0.496 e. The van der Waals surface area contributed by atoms with Crippen molar-refractivity contribution in [1.82, 2.24) is 10.2 Å². The summed E-state index contributed by atoms with van der Waals surface area (Å²) in [4.78, 5) is 13.6. The molecule has 128 valence electrons. The molecule has 0 bridgehead atoms. The third kappa shape index (κ3) is 4.84. The van der Waals surface area contributed by atoms with Gasteiger partial charge < -0.3 is 24.8 Å². The van der Waals surface area contributed by atoms with Gasteiger partial charge in [-0.3, -0.25) is 0 Å². The second-order valence-electron chi connectivity index (χ2n) is 6.75. The number of rotatable bonds is 4. The molecule has 0 aliphatic carbocycles.